The normalized spacial score (nSPS) is 23.6. The standard InChI is InChI=1S/C24H31F3N4O/c1-17-14-18(16-31(15-17)22(32)7-9-30-12-10-29(2)11-13-30)19-5-6-21(24(25,26)27)23-20(19)4-3-8-28-23/h3-6,8,17-18H,7,9-16H2,1-2H3/t17-,18+/m0/s1. The summed E-state index contributed by atoms with van der Waals surface area (Å²) in [5.41, 5.74) is 0.133. The smallest absolute Gasteiger partial charge is 0.342 e. The molecule has 0 spiro atoms. The molecule has 1 aromatic heterocycles. The third-order valence-corrected chi connectivity index (χ3v) is 6.80. The van der Waals surface area contributed by atoms with Crippen LogP contribution in [0.1, 0.15) is 36.8 Å². The van der Waals surface area contributed by atoms with Gasteiger partial charge in [0.25, 0.3) is 0 Å². The fraction of sp³-hybridized carbons (Fsp3) is 0.583. The van der Waals surface area contributed by atoms with Crippen molar-refractivity contribution in [3.8, 4) is 0 Å². The summed E-state index contributed by atoms with van der Waals surface area (Å²) in [4.78, 5) is 23.6. The van der Waals surface area contributed by atoms with E-state index < -0.39 is 11.7 Å². The minimum absolute atomic E-state index is 0.000296. The molecule has 0 N–H and O–H groups in total. The summed E-state index contributed by atoms with van der Waals surface area (Å²) in [5, 5.41) is 0.534. The van der Waals surface area contributed by atoms with Gasteiger partial charge in [-0.2, -0.15) is 13.2 Å². The van der Waals surface area contributed by atoms with Crippen LogP contribution in [-0.2, 0) is 11.0 Å². The number of aromatic nitrogens is 1. The lowest BCUT2D eigenvalue weighted by molar-refractivity contribution is -0.136. The van der Waals surface area contributed by atoms with Crippen molar-refractivity contribution >= 4 is 16.8 Å². The molecule has 0 bridgehead atoms. The zero-order valence-corrected chi connectivity index (χ0v) is 18.7. The second-order valence-electron chi connectivity index (χ2n) is 9.33. The number of likely N-dealkylation sites (N-methyl/N-ethyl adjacent to an activating group) is 1. The van der Waals surface area contributed by atoms with E-state index in [0.717, 1.165) is 50.8 Å². The quantitative estimate of drug-likeness (QED) is 0.713. The van der Waals surface area contributed by atoms with Gasteiger partial charge in [0.1, 0.15) is 0 Å². The van der Waals surface area contributed by atoms with Crippen molar-refractivity contribution in [1.82, 2.24) is 19.7 Å². The van der Waals surface area contributed by atoms with Gasteiger partial charge in [0, 0.05) is 69.7 Å². The number of likely N-dealkylation sites (tertiary alicyclic amines) is 1. The molecule has 2 aliphatic heterocycles. The van der Waals surface area contributed by atoms with E-state index in [1.165, 1.54) is 6.20 Å². The number of hydrogen-bond acceptors (Lipinski definition) is 4. The lowest BCUT2D eigenvalue weighted by Crippen LogP contribution is -2.47. The number of nitrogens with zero attached hydrogens (tertiary/aromatic N) is 4. The molecule has 5 nitrogen and oxygen atoms in total. The number of piperidine rings is 1. The molecule has 1 aromatic carbocycles. The number of carbonyl (C=O) groups excluding carboxylic acids is 1. The van der Waals surface area contributed by atoms with Gasteiger partial charge in [0.2, 0.25) is 5.91 Å². The molecular weight excluding hydrogens is 417 g/mol. The van der Waals surface area contributed by atoms with Gasteiger partial charge in [0.15, 0.2) is 0 Å². The summed E-state index contributed by atoms with van der Waals surface area (Å²) >= 11 is 0. The molecule has 0 saturated carbocycles. The van der Waals surface area contributed by atoms with Crippen LogP contribution in [0.4, 0.5) is 13.2 Å². The monoisotopic (exact) mass is 448 g/mol. The molecular formula is C24H31F3N4O. The molecule has 2 aromatic rings. The zero-order valence-electron chi connectivity index (χ0n) is 18.7. The summed E-state index contributed by atoms with van der Waals surface area (Å²) < 4.78 is 40.4. The Hall–Kier alpha value is -2.19. The SMILES string of the molecule is C[C@H]1C[C@@H](c2ccc(C(F)(F)F)c3ncccc23)CN(C(=O)CCN2CCN(C)CC2)C1. The van der Waals surface area contributed by atoms with E-state index in [1.807, 2.05) is 4.90 Å². The number of fused-ring (bicyclic) bond motifs is 1. The minimum Gasteiger partial charge on any atom is -0.342 e. The highest BCUT2D eigenvalue weighted by Crippen LogP contribution is 2.39. The van der Waals surface area contributed by atoms with E-state index in [9.17, 15) is 18.0 Å². The van der Waals surface area contributed by atoms with Crippen LogP contribution in [0.15, 0.2) is 30.5 Å². The summed E-state index contributed by atoms with van der Waals surface area (Å²) in [5.74, 6) is 0.422. The average Bonchev–Trinajstić information content (AvgIpc) is 2.76. The van der Waals surface area contributed by atoms with Crippen molar-refractivity contribution < 1.29 is 18.0 Å². The molecule has 0 unspecified atom stereocenters. The lowest BCUT2D eigenvalue weighted by atomic mass is 9.83. The number of pyridine rings is 1. The Labute approximate surface area is 187 Å². The van der Waals surface area contributed by atoms with Crippen molar-refractivity contribution in [3.05, 3.63) is 41.6 Å². The first-order valence-electron chi connectivity index (χ1n) is 11.4. The largest absolute Gasteiger partial charge is 0.418 e. The van der Waals surface area contributed by atoms with Crippen LogP contribution in [0.5, 0.6) is 0 Å². The number of amides is 1. The minimum atomic E-state index is -4.45. The molecule has 1 amide bonds. The van der Waals surface area contributed by atoms with Crippen LogP contribution in [0.25, 0.3) is 10.9 Å². The van der Waals surface area contributed by atoms with Crippen molar-refractivity contribution in [2.45, 2.75) is 31.9 Å². The van der Waals surface area contributed by atoms with Crippen molar-refractivity contribution in [1.29, 1.82) is 0 Å². The molecule has 0 aliphatic carbocycles. The first-order chi connectivity index (χ1) is 15.2. The van der Waals surface area contributed by atoms with Crippen LogP contribution in [0.2, 0.25) is 0 Å². The number of piperazine rings is 1. The van der Waals surface area contributed by atoms with Crippen LogP contribution < -0.4 is 0 Å². The van der Waals surface area contributed by atoms with Gasteiger partial charge in [-0.1, -0.05) is 19.1 Å². The highest BCUT2D eigenvalue weighted by Gasteiger charge is 2.35. The molecule has 4 rings (SSSR count). The van der Waals surface area contributed by atoms with E-state index in [1.54, 1.807) is 18.2 Å². The van der Waals surface area contributed by atoms with Crippen LogP contribution in [0, 0.1) is 5.92 Å². The Morgan fingerprint density at radius 2 is 1.88 bits per heavy atom. The molecule has 32 heavy (non-hydrogen) atoms. The number of hydrogen-bond donors (Lipinski definition) is 0. The zero-order chi connectivity index (χ0) is 22.9. The fourth-order valence-electron chi connectivity index (χ4n) is 5.04. The highest BCUT2D eigenvalue weighted by atomic mass is 19.4. The summed E-state index contributed by atoms with van der Waals surface area (Å²) in [6, 6.07) is 6.12. The van der Waals surface area contributed by atoms with Crippen LogP contribution in [-0.4, -0.2) is 78.5 Å². The van der Waals surface area contributed by atoms with Gasteiger partial charge in [-0.05, 0) is 37.1 Å². The Morgan fingerprint density at radius 1 is 1.12 bits per heavy atom. The molecule has 3 heterocycles. The third kappa shape index (κ3) is 5.07. The summed E-state index contributed by atoms with van der Waals surface area (Å²) in [6.45, 7) is 8.11. The lowest BCUT2D eigenvalue weighted by Gasteiger charge is -2.38. The highest BCUT2D eigenvalue weighted by molar-refractivity contribution is 5.86. The van der Waals surface area contributed by atoms with Gasteiger partial charge in [-0.15, -0.1) is 0 Å². The predicted octanol–water partition coefficient (Wildman–Crippen LogP) is 3.84. The number of halogens is 3. The summed E-state index contributed by atoms with van der Waals surface area (Å²) in [7, 11) is 2.11. The topological polar surface area (TPSA) is 39.7 Å². The van der Waals surface area contributed by atoms with E-state index in [4.69, 9.17) is 0 Å². The van der Waals surface area contributed by atoms with Crippen LogP contribution in [0.3, 0.4) is 0 Å². The van der Waals surface area contributed by atoms with Crippen molar-refractivity contribution in [2.24, 2.45) is 5.92 Å². The molecule has 2 aliphatic rings. The average molecular weight is 449 g/mol. The van der Waals surface area contributed by atoms with Crippen molar-refractivity contribution in [3.63, 3.8) is 0 Å². The fourth-order valence-corrected chi connectivity index (χ4v) is 5.04. The Kier molecular flexibility index (Phi) is 6.72. The molecule has 0 radical (unpaired) electrons. The first-order valence-corrected chi connectivity index (χ1v) is 11.4. The second-order valence-corrected chi connectivity index (χ2v) is 9.33. The second kappa shape index (κ2) is 9.35. The number of rotatable bonds is 4. The third-order valence-electron chi connectivity index (χ3n) is 6.80. The first kappa shape index (κ1) is 23.0. The molecule has 174 valence electrons. The van der Waals surface area contributed by atoms with E-state index in [2.05, 4.69) is 28.8 Å². The van der Waals surface area contributed by atoms with Gasteiger partial charge in [0.05, 0.1) is 11.1 Å². The van der Waals surface area contributed by atoms with E-state index >= 15 is 0 Å². The van der Waals surface area contributed by atoms with Crippen LogP contribution >= 0.6 is 0 Å². The molecule has 8 heteroatoms. The van der Waals surface area contributed by atoms with E-state index in [0.29, 0.717) is 24.9 Å². The molecule has 2 atom stereocenters. The maximum absolute atomic E-state index is 13.5. The Morgan fingerprint density at radius 3 is 2.59 bits per heavy atom. The number of carbonyl (C=O) groups is 1. The molecule has 2 saturated heterocycles. The summed E-state index contributed by atoms with van der Waals surface area (Å²) in [6.07, 6.45) is -1.72. The maximum Gasteiger partial charge on any atom is 0.418 e. The van der Waals surface area contributed by atoms with Gasteiger partial charge in [-0.25, -0.2) is 0 Å². The Bertz CT molecular complexity index is 956. The van der Waals surface area contributed by atoms with Gasteiger partial charge >= 0.3 is 6.18 Å². The van der Waals surface area contributed by atoms with Gasteiger partial charge in [-0.3, -0.25) is 9.78 Å². The van der Waals surface area contributed by atoms with Crippen molar-refractivity contribution in [2.75, 3.05) is 52.9 Å². The maximum atomic E-state index is 13.5. The Balaban J connectivity index is 1.50. The molecule has 2 fully saturated rings. The number of benzene rings is 1. The van der Waals surface area contributed by atoms with E-state index in [-0.39, 0.29) is 23.3 Å². The van der Waals surface area contributed by atoms with Gasteiger partial charge < -0.3 is 14.7 Å². The predicted molar refractivity (Wildman–Crippen MR) is 118 cm³/mol. The number of alkyl halides is 3.